The number of hydrogen-bond acceptors (Lipinski definition) is 3. The predicted molar refractivity (Wildman–Crippen MR) is 41.1 cm³/mol. The summed E-state index contributed by atoms with van der Waals surface area (Å²) in [6.45, 7) is 0. The van der Waals surface area contributed by atoms with Crippen LogP contribution in [-0.4, -0.2) is 13.0 Å². The summed E-state index contributed by atoms with van der Waals surface area (Å²) in [5.74, 6) is 0. The van der Waals surface area contributed by atoms with Crippen molar-refractivity contribution in [2.45, 2.75) is 12.8 Å². The molecule has 0 unspecified atom stereocenters. The first-order valence-corrected chi connectivity index (χ1v) is 4.58. The molecule has 0 aromatic heterocycles. The highest BCUT2D eigenvalue weighted by molar-refractivity contribution is 7.90. The third-order valence-electron chi connectivity index (χ3n) is 1.40. The van der Waals surface area contributed by atoms with Crippen LogP contribution < -0.4 is 5.73 Å². The van der Waals surface area contributed by atoms with E-state index in [1.165, 1.54) is 12.2 Å². The van der Waals surface area contributed by atoms with Crippen LogP contribution in [0.2, 0.25) is 0 Å². The number of rotatable bonds is 1. The highest BCUT2D eigenvalue weighted by Gasteiger charge is 2.13. The fourth-order valence-electron chi connectivity index (χ4n) is 0.875. The Morgan fingerprint density at radius 3 is 2.55 bits per heavy atom. The lowest BCUT2D eigenvalue weighted by molar-refractivity contribution is 0.491. The molecular formula is C6H9NO3S. The summed E-state index contributed by atoms with van der Waals surface area (Å²) in [6, 6.07) is 0. The Bertz CT molecular complexity index is 313. The second-order valence-electron chi connectivity index (χ2n) is 2.34. The van der Waals surface area contributed by atoms with Crippen LogP contribution in [0.4, 0.5) is 0 Å². The molecule has 0 saturated carbocycles. The quantitative estimate of drug-likeness (QED) is 0.565. The second-order valence-corrected chi connectivity index (χ2v) is 3.76. The molecular weight excluding hydrogens is 166 g/mol. The monoisotopic (exact) mass is 175 g/mol. The van der Waals surface area contributed by atoms with Crippen molar-refractivity contribution in [1.82, 2.24) is 0 Å². The summed E-state index contributed by atoms with van der Waals surface area (Å²) in [7, 11) is -4.05. The van der Waals surface area contributed by atoms with E-state index in [0.29, 0.717) is 18.5 Å². The van der Waals surface area contributed by atoms with Crippen LogP contribution in [0.3, 0.4) is 0 Å². The smallest absolute Gasteiger partial charge is 0.294 e. The van der Waals surface area contributed by atoms with Crippen molar-refractivity contribution in [3.63, 3.8) is 0 Å². The van der Waals surface area contributed by atoms with Crippen LogP contribution in [0.5, 0.6) is 0 Å². The van der Waals surface area contributed by atoms with Crippen molar-refractivity contribution in [1.29, 1.82) is 0 Å². The van der Waals surface area contributed by atoms with Crippen LogP contribution in [0.1, 0.15) is 12.8 Å². The standard InChI is InChI=1S/C6H9NO3S/c7-5-2-1-3-6(4-5)11(8,9)10/h3-4H,1-2,7H2,(H,8,9,10). The van der Waals surface area contributed by atoms with Crippen molar-refractivity contribution in [3.8, 4) is 0 Å². The Labute approximate surface area is 65.1 Å². The maximum Gasteiger partial charge on any atom is 0.294 e. The summed E-state index contributed by atoms with van der Waals surface area (Å²) in [5, 5.41) is 0. The van der Waals surface area contributed by atoms with E-state index < -0.39 is 10.1 Å². The van der Waals surface area contributed by atoms with E-state index in [1.807, 2.05) is 0 Å². The van der Waals surface area contributed by atoms with Crippen molar-refractivity contribution >= 4 is 10.1 Å². The third-order valence-corrected chi connectivity index (χ3v) is 2.28. The Morgan fingerprint density at radius 1 is 1.55 bits per heavy atom. The fourth-order valence-corrected chi connectivity index (χ4v) is 1.50. The summed E-state index contributed by atoms with van der Waals surface area (Å²) in [5.41, 5.74) is 5.85. The van der Waals surface area contributed by atoms with Crippen LogP contribution in [0.15, 0.2) is 22.8 Å². The molecule has 0 aromatic carbocycles. The minimum atomic E-state index is -4.05. The van der Waals surface area contributed by atoms with Gasteiger partial charge >= 0.3 is 0 Å². The lowest BCUT2D eigenvalue weighted by atomic mass is 10.1. The molecule has 0 aliphatic heterocycles. The van der Waals surface area contributed by atoms with Crippen molar-refractivity contribution in [2.75, 3.05) is 0 Å². The van der Waals surface area contributed by atoms with Gasteiger partial charge in [-0.15, -0.1) is 0 Å². The summed E-state index contributed by atoms with van der Waals surface area (Å²) in [6.07, 6.45) is 3.95. The number of nitrogens with two attached hydrogens (primary N) is 1. The van der Waals surface area contributed by atoms with E-state index in [-0.39, 0.29) is 4.91 Å². The zero-order valence-electron chi connectivity index (χ0n) is 5.82. The van der Waals surface area contributed by atoms with E-state index in [4.69, 9.17) is 10.3 Å². The highest BCUT2D eigenvalue weighted by Crippen LogP contribution is 2.16. The van der Waals surface area contributed by atoms with Crippen LogP contribution in [0.25, 0.3) is 0 Å². The van der Waals surface area contributed by atoms with Gasteiger partial charge in [-0.05, 0) is 18.9 Å². The second kappa shape index (κ2) is 2.67. The van der Waals surface area contributed by atoms with Crippen LogP contribution >= 0.6 is 0 Å². The maximum atomic E-state index is 10.5. The van der Waals surface area contributed by atoms with Gasteiger partial charge in [-0.1, -0.05) is 6.08 Å². The van der Waals surface area contributed by atoms with Gasteiger partial charge in [0.05, 0.1) is 4.91 Å². The van der Waals surface area contributed by atoms with E-state index >= 15 is 0 Å². The summed E-state index contributed by atoms with van der Waals surface area (Å²) < 4.78 is 29.6. The van der Waals surface area contributed by atoms with Crippen molar-refractivity contribution in [3.05, 3.63) is 22.8 Å². The van der Waals surface area contributed by atoms with Gasteiger partial charge in [0.1, 0.15) is 0 Å². The van der Waals surface area contributed by atoms with Crippen LogP contribution in [0, 0.1) is 0 Å². The lowest BCUT2D eigenvalue weighted by Gasteiger charge is -2.06. The first-order valence-electron chi connectivity index (χ1n) is 3.14. The summed E-state index contributed by atoms with van der Waals surface area (Å²) >= 11 is 0. The molecule has 1 aliphatic carbocycles. The molecule has 0 radical (unpaired) electrons. The van der Waals surface area contributed by atoms with E-state index in [2.05, 4.69) is 0 Å². The molecule has 0 atom stereocenters. The third kappa shape index (κ3) is 2.06. The Morgan fingerprint density at radius 2 is 2.18 bits per heavy atom. The van der Waals surface area contributed by atoms with Gasteiger partial charge < -0.3 is 5.73 Å². The molecule has 5 heteroatoms. The average Bonchev–Trinajstić information content (AvgIpc) is 1.86. The van der Waals surface area contributed by atoms with Gasteiger partial charge in [0.2, 0.25) is 0 Å². The number of hydrogen-bond donors (Lipinski definition) is 2. The van der Waals surface area contributed by atoms with Gasteiger partial charge in [-0.3, -0.25) is 4.55 Å². The van der Waals surface area contributed by atoms with Gasteiger partial charge in [-0.2, -0.15) is 8.42 Å². The van der Waals surface area contributed by atoms with E-state index in [1.54, 1.807) is 0 Å². The van der Waals surface area contributed by atoms with E-state index in [9.17, 15) is 8.42 Å². The minimum absolute atomic E-state index is 0.0961. The molecule has 0 fully saturated rings. The zero-order chi connectivity index (χ0) is 8.48. The van der Waals surface area contributed by atoms with Crippen LogP contribution in [-0.2, 0) is 10.1 Å². The van der Waals surface area contributed by atoms with Gasteiger partial charge in [-0.25, -0.2) is 0 Å². The SMILES string of the molecule is NC1=CC(S(=O)(=O)O)=CCC1. The molecule has 1 aliphatic rings. The summed E-state index contributed by atoms with van der Waals surface area (Å²) in [4.78, 5) is -0.0961. The molecule has 0 amide bonds. The average molecular weight is 175 g/mol. The first kappa shape index (κ1) is 8.29. The largest absolute Gasteiger partial charge is 0.402 e. The molecule has 1 rings (SSSR count). The Balaban J connectivity index is 3.01. The fraction of sp³-hybridized carbons (Fsp3) is 0.333. The van der Waals surface area contributed by atoms with Gasteiger partial charge in [0, 0.05) is 5.70 Å². The molecule has 62 valence electrons. The lowest BCUT2D eigenvalue weighted by Crippen LogP contribution is -2.07. The first-order chi connectivity index (χ1) is 5.00. The van der Waals surface area contributed by atoms with E-state index in [0.717, 1.165) is 0 Å². The molecule has 0 bridgehead atoms. The molecule has 4 nitrogen and oxygen atoms in total. The number of allylic oxidation sites excluding steroid dienone is 3. The van der Waals surface area contributed by atoms with Gasteiger partial charge in [0.15, 0.2) is 0 Å². The molecule has 0 aromatic rings. The van der Waals surface area contributed by atoms with Gasteiger partial charge in [0.25, 0.3) is 10.1 Å². The topological polar surface area (TPSA) is 80.4 Å². The molecule has 11 heavy (non-hydrogen) atoms. The highest BCUT2D eigenvalue weighted by atomic mass is 32.2. The Hall–Kier alpha value is -0.810. The van der Waals surface area contributed by atoms with Crippen molar-refractivity contribution in [2.24, 2.45) is 5.73 Å². The Kier molecular flexibility index (Phi) is 2.01. The molecule has 3 N–H and O–H groups in total. The maximum absolute atomic E-state index is 10.5. The molecule has 0 heterocycles. The minimum Gasteiger partial charge on any atom is -0.402 e. The molecule has 0 saturated heterocycles. The molecule has 0 spiro atoms. The van der Waals surface area contributed by atoms with Crippen molar-refractivity contribution < 1.29 is 13.0 Å². The normalized spacial score (nSPS) is 19.0. The predicted octanol–water partition coefficient (Wildman–Crippen LogP) is 0.394. The zero-order valence-corrected chi connectivity index (χ0v) is 6.63.